The Morgan fingerprint density at radius 1 is 0.404 bits per heavy atom. The van der Waals surface area contributed by atoms with Gasteiger partial charge >= 0.3 is 0 Å². The number of benzene rings is 8. The molecule has 12 aromatic rings. The summed E-state index contributed by atoms with van der Waals surface area (Å²) in [5, 5.41) is 4.73. The highest BCUT2D eigenvalue weighted by Crippen LogP contribution is 2.44. The van der Waals surface area contributed by atoms with Crippen molar-refractivity contribution in [1.82, 2.24) is 15.0 Å². The quantitative estimate of drug-likeness (QED) is 0.175. The minimum atomic E-state index is -0.265. The van der Waals surface area contributed by atoms with Crippen LogP contribution in [0.15, 0.2) is 180 Å². The van der Waals surface area contributed by atoms with Gasteiger partial charge in [0.25, 0.3) is 0 Å². The van der Waals surface area contributed by atoms with Crippen molar-refractivity contribution < 1.29 is 12.6 Å². The first-order chi connectivity index (χ1) is 30.7. The van der Waals surface area contributed by atoms with Crippen molar-refractivity contribution in [2.75, 3.05) is 0 Å². The third-order valence-electron chi connectivity index (χ3n) is 10.5. The highest BCUT2D eigenvalue weighted by atomic mass is 32.1. The lowest BCUT2D eigenvalue weighted by atomic mass is 9.96. The number of aromatic nitrogens is 3. The van der Waals surface area contributed by atoms with Crippen molar-refractivity contribution in [3.63, 3.8) is 0 Å². The van der Waals surface area contributed by atoms with Crippen molar-refractivity contribution in [1.29, 1.82) is 0 Å². The van der Waals surface area contributed by atoms with Gasteiger partial charge in [-0.1, -0.05) is 127 Å². The number of furan rings is 1. The van der Waals surface area contributed by atoms with Crippen LogP contribution < -0.4 is 0 Å². The second kappa shape index (κ2) is 12.8. The van der Waals surface area contributed by atoms with Crippen LogP contribution in [0.5, 0.6) is 0 Å². The van der Waals surface area contributed by atoms with E-state index in [2.05, 4.69) is 12.1 Å². The largest absolute Gasteiger partial charge is 0.456 e. The summed E-state index contributed by atoms with van der Waals surface area (Å²) in [5.41, 5.74) is 5.75. The van der Waals surface area contributed by atoms with Gasteiger partial charge in [-0.25, -0.2) is 15.0 Å². The molecular formula is C51H29N3OS2. The zero-order chi connectivity index (χ0) is 42.7. The fraction of sp³-hybridized carbons (Fsp3) is 0. The predicted octanol–water partition coefficient (Wildman–Crippen LogP) is 14.8. The van der Waals surface area contributed by atoms with Crippen molar-refractivity contribution in [3.05, 3.63) is 176 Å². The molecule has 266 valence electrons. The number of fused-ring (bicyclic) bond motifs is 9. The minimum Gasteiger partial charge on any atom is -0.456 e. The van der Waals surface area contributed by atoms with Gasteiger partial charge in [0.15, 0.2) is 17.5 Å². The molecule has 0 aliphatic carbocycles. The number of rotatable bonds is 5. The predicted molar refractivity (Wildman–Crippen MR) is 240 cm³/mol. The van der Waals surface area contributed by atoms with E-state index in [9.17, 15) is 5.48 Å². The molecule has 57 heavy (non-hydrogen) atoms. The molecule has 4 nitrogen and oxygen atoms in total. The van der Waals surface area contributed by atoms with Crippen molar-refractivity contribution in [2.24, 2.45) is 0 Å². The molecule has 4 heterocycles. The van der Waals surface area contributed by atoms with E-state index < -0.39 is 0 Å². The molecule has 4 aromatic heterocycles. The Labute approximate surface area is 343 Å². The van der Waals surface area contributed by atoms with E-state index in [1.807, 2.05) is 127 Å². The number of nitrogens with zero attached hydrogens (tertiary/aromatic N) is 3. The van der Waals surface area contributed by atoms with E-state index in [1.165, 1.54) is 0 Å². The van der Waals surface area contributed by atoms with Gasteiger partial charge in [0, 0.05) is 67.8 Å². The molecule has 0 radical (unpaired) electrons. The van der Waals surface area contributed by atoms with Crippen LogP contribution in [0.1, 0.15) is 8.22 Å². The summed E-state index contributed by atoms with van der Waals surface area (Å²) in [7, 11) is 0. The Morgan fingerprint density at radius 2 is 1.09 bits per heavy atom. The maximum absolute atomic E-state index is 9.78. The van der Waals surface area contributed by atoms with Gasteiger partial charge < -0.3 is 4.42 Å². The number of thiophene rings is 2. The van der Waals surface area contributed by atoms with Crippen LogP contribution in [0.4, 0.5) is 0 Å². The Hall–Kier alpha value is -6.99. The summed E-state index contributed by atoms with van der Waals surface area (Å²) >= 11 is 2.80. The van der Waals surface area contributed by atoms with E-state index >= 15 is 0 Å². The first-order valence-electron chi connectivity index (χ1n) is 21.4. The topological polar surface area (TPSA) is 51.8 Å². The number of para-hydroxylation sites is 1. The smallest absolute Gasteiger partial charge is 0.164 e. The van der Waals surface area contributed by atoms with Gasteiger partial charge in [0.05, 0.1) is 8.22 Å². The fourth-order valence-electron chi connectivity index (χ4n) is 7.82. The zero-order valence-electron chi connectivity index (χ0n) is 35.8. The van der Waals surface area contributed by atoms with E-state index in [-0.39, 0.29) is 47.6 Å². The monoisotopic (exact) mass is 769 g/mol. The van der Waals surface area contributed by atoms with Gasteiger partial charge in [-0.15, -0.1) is 22.7 Å². The Kier molecular flexibility index (Phi) is 6.00. The van der Waals surface area contributed by atoms with E-state index in [1.54, 1.807) is 11.3 Å². The van der Waals surface area contributed by atoms with Gasteiger partial charge in [-0.05, 0) is 70.7 Å². The van der Waals surface area contributed by atoms with Crippen molar-refractivity contribution in [3.8, 4) is 56.4 Å². The molecule has 0 spiro atoms. The summed E-state index contributed by atoms with van der Waals surface area (Å²) in [6.07, 6.45) is 0. The van der Waals surface area contributed by atoms with E-state index in [4.69, 9.17) is 22.1 Å². The van der Waals surface area contributed by atoms with Crippen LogP contribution >= 0.6 is 22.7 Å². The second-order valence-corrected chi connectivity index (χ2v) is 16.0. The van der Waals surface area contributed by atoms with Crippen LogP contribution in [-0.2, 0) is 0 Å². The third-order valence-corrected chi connectivity index (χ3v) is 12.6. The lowest BCUT2D eigenvalue weighted by molar-refractivity contribution is 0.669. The lowest BCUT2D eigenvalue weighted by Crippen LogP contribution is -2.00. The summed E-state index contributed by atoms with van der Waals surface area (Å²) in [5.74, 6) is 0.675. The molecule has 12 rings (SSSR count). The van der Waals surface area contributed by atoms with E-state index in [0.29, 0.717) is 59.7 Å². The molecule has 8 aromatic carbocycles. The van der Waals surface area contributed by atoms with Gasteiger partial charge in [0.1, 0.15) is 11.2 Å². The SMILES string of the molecule is [2H]c1c([2H])c(-c2ccc3sc4ccccc4c3c2)c2c(sc3c([2H])c(-c4nc(-c5ccccc5)nc(-c5cc(-c6ccccc6)c6c(c5)oc5ccccc56)n4)c([2H])c([2H])c32)c1[2H]. The molecule has 0 amide bonds. The number of hydrogen-bond donors (Lipinski definition) is 0. The van der Waals surface area contributed by atoms with Crippen LogP contribution in [-0.4, -0.2) is 15.0 Å². The maximum Gasteiger partial charge on any atom is 0.164 e. The molecule has 6 heteroatoms. The normalized spacial score (nSPS) is 13.3. The van der Waals surface area contributed by atoms with Crippen LogP contribution in [0.25, 0.3) is 119 Å². The first-order valence-corrected chi connectivity index (χ1v) is 20.1. The molecule has 0 atom stereocenters. The average molecular weight is 770 g/mol. The molecule has 0 saturated heterocycles. The highest BCUT2D eigenvalue weighted by molar-refractivity contribution is 7.26. The Morgan fingerprint density at radius 3 is 1.93 bits per heavy atom. The van der Waals surface area contributed by atoms with Crippen molar-refractivity contribution in [2.45, 2.75) is 0 Å². The lowest BCUT2D eigenvalue weighted by Gasteiger charge is -2.11. The molecule has 0 aliphatic rings. The Bertz CT molecular complexity index is 3880. The highest BCUT2D eigenvalue weighted by Gasteiger charge is 2.20. The Balaban J connectivity index is 1.12. The zero-order valence-corrected chi connectivity index (χ0v) is 31.5. The van der Waals surface area contributed by atoms with Crippen molar-refractivity contribution >= 4 is 85.0 Å². The molecule has 0 fully saturated rings. The molecular weight excluding hydrogens is 735 g/mol. The first kappa shape index (κ1) is 26.8. The van der Waals surface area contributed by atoms with E-state index in [0.717, 1.165) is 59.0 Å². The summed E-state index contributed by atoms with van der Waals surface area (Å²) < 4.78 is 65.6. The van der Waals surface area contributed by atoms with Crippen LogP contribution in [0.2, 0.25) is 0 Å². The standard InChI is InChI=1S/C51H29N3OS2/c1-3-12-30(13-4-1)39-27-34(28-42-47(39)37-17-7-9-19-41(37)55-42)51-53-49(31-14-5-2-6-15-31)52-50(54-51)33-22-24-38-46(29-33)57-45-21-11-18-35(48(38)45)32-23-25-44-40(26-32)36-16-8-10-20-43(36)56-44/h1-29H/i11D,18D,21D,22D,24D,29D. The minimum absolute atomic E-state index is 0.0458. The summed E-state index contributed by atoms with van der Waals surface area (Å²) in [6.45, 7) is 0. The second-order valence-electron chi connectivity index (χ2n) is 13.9. The number of hydrogen-bond acceptors (Lipinski definition) is 6. The summed E-state index contributed by atoms with van der Waals surface area (Å²) in [4.78, 5) is 14.9. The molecule has 0 unspecified atom stereocenters. The van der Waals surface area contributed by atoms with Gasteiger partial charge in [-0.2, -0.15) is 0 Å². The molecule has 0 N–H and O–H groups in total. The van der Waals surface area contributed by atoms with Crippen LogP contribution in [0.3, 0.4) is 0 Å². The van der Waals surface area contributed by atoms with Crippen LogP contribution in [0, 0.1) is 0 Å². The average Bonchev–Trinajstić information content (AvgIpc) is 4.02. The maximum atomic E-state index is 9.78. The fourth-order valence-corrected chi connectivity index (χ4v) is 9.93. The third kappa shape index (κ3) is 5.30. The van der Waals surface area contributed by atoms with Gasteiger partial charge in [-0.3, -0.25) is 0 Å². The molecule has 0 aliphatic heterocycles. The summed E-state index contributed by atoms with van der Waals surface area (Å²) in [6, 6.07) is 44.4. The molecule has 0 bridgehead atoms. The molecule has 0 saturated carbocycles. The van der Waals surface area contributed by atoms with Gasteiger partial charge in [0.2, 0.25) is 0 Å².